The van der Waals surface area contributed by atoms with E-state index in [0.29, 0.717) is 31.1 Å². The second kappa shape index (κ2) is 6.81. The Morgan fingerprint density at radius 1 is 1.23 bits per heavy atom. The number of piperidine rings is 1. The summed E-state index contributed by atoms with van der Waals surface area (Å²) in [5.41, 5.74) is 8.90. The lowest BCUT2D eigenvalue weighted by atomic mass is 9.88. The highest BCUT2D eigenvalue weighted by Crippen LogP contribution is 2.29. The zero-order valence-corrected chi connectivity index (χ0v) is 14.6. The molecule has 3 heterocycles. The Bertz CT molecular complexity index is 763. The normalized spacial score (nSPS) is 28.9. The number of rotatable bonds is 3. The lowest BCUT2D eigenvalue weighted by molar-refractivity contribution is -0.136. The molecule has 0 bridgehead atoms. The summed E-state index contributed by atoms with van der Waals surface area (Å²) >= 11 is 0. The predicted molar refractivity (Wildman–Crippen MR) is 93.1 cm³/mol. The van der Waals surface area contributed by atoms with Gasteiger partial charge in [0.15, 0.2) is 0 Å². The van der Waals surface area contributed by atoms with Gasteiger partial charge in [-0.2, -0.15) is 0 Å². The van der Waals surface area contributed by atoms with E-state index in [4.69, 9.17) is 10.5 Å². The molecule has 1 unspecified atom stereocenters. The first kappa shape index (κ1) is 17.2. The fraction of sp³-hybridized carbons (Fsp3) is 0.526. The molecule has 0 radical (unpaired) electrons. The van der Waals surface area contributed by atoms with Crippen LogP contribution in [-0.2, 0) is 27.3 Å². The third-order valence-electron chi connectivity index (χ3n) is 5.63. The number of imide groups is 1. The van der Waals surface area contributed by atoms with Crippen LogP contribution in [0.1, 0.15) is 40.7 Å². The summed E-state index contributed by atoms with van der Waals surface area (Å²) < 4.78 is 5.40. The van der Waals surface area contributed by atoms with Gasteiger partial charge in [0.2, 0.25) is 11.8 Å². The predicted octanol–water partition coefficient (Wildman–Crippen LogP) is 0.354. The zero-order valence-electron chi connectivity index (χ0n) is 14.6. The summed E-state index contributed by atoms with van der Waals surface area (Å²) in [6, 6.07) is 5.36. The number of nitrogens with two attached hydrogens (primary N) is 1. The molecule has 2 fully saturated rings. The molecule has 3 amide bonds. The Labute approximate surface area is 151 Å². The van der Waals surface area contributed by atoms with Gasteiger partial charge in [-0.1, -0.05) is 12.1 Å². The van der Waals surface area contributed by atoms with E-state index in [2.05, 4.69) is 11.4 Å². The van der Waals surface area contributed by atoms with Crippen LogP contribution in [0, 0.1) is 5.92 Å². The van der Waals surface area contributed by atoms with Gasteiger partial charge in [0.1, 0.15) is 6.04 Å². The lowest BCUT2D eigenvalue weighted by Gasteiger charge is -2.29. The molecule has 3 aliphatic heterocycles. The first-order chi connectivity index (χ1) is 12.5. The molecule has 1 aromatic carbocycles. The van der Waals surface area contributed by atoms with E-state index in [1.165, 1.54) is 0 Å². The molecule has 7 heteroatoms. The maximum absolute atomic E-state index is 12.7. The summed E-state index contributed by atoms with van der Waals surface area (Å²) in [7, 11) is 0. The minimum atomic E-state index is -0.569. The molecule has 0 spiro atoms. The number of benzene rings is 1. The van der Waals surface area contributed by atoms with Gasteiger partial charge in [-0.25, -0.2) is 0 Å². The maximum atomic E-state index is 12.7. The number of hydrogen-bond acceptors (Lipinski definition) is 5. The van der Waals surface area contributed by atoms with Gasteiger partial charge in [0.25, 0.3) is 5.91 Å². The van der Waals surface area contributed by atoms with E-state index in [1.807, 2.05) is 12.1 Å². The van der Waals surface area contributed by atoms with Crippen molar-refractivity contribution in [2.45, 2.75) is 44.3 Å². The molecule has 7 nitrogen and oxygen atoms in total. The van der Waals surface area contributed by atoms with Crippen LogP contribution in [0.15, 0.2) is 18.2 Å². The number of carbonyl (C=O) groups is 3. The molecular formula is C19H23N3O4. The fourth-order valence-electron chi connectivity index (χ4n) is 4.12. The van der Waals surface area contributed by atoms with Gasteiger partial charge in [-0.3, -0.25) is 19.7 Å². The molecule has 4 rings (SSSR count). The Balaban J connectivity index is 1.49. The third kappa shape index (κ3) is 3.12. The number of fused-ring (bicyclic) bond motifs is 1. The number of nitrogens with one attached hydrogen (secondary N) is 1. The number of ether oxygens (including phenoxy) is 1. The van der Waals surface area contributed by atoms with Crippen molar-refractivity contribution in [1.29, 1.82) is 0 Å². The highest BCUT2D eigenvalue weighted by Gasteiger charge is 2.39. The third-order valence-corrected chi connectivity index (χ3v) is 5.63. The lowest BCUT2D eigenvalue weighted by Crippen LogP contribution is -2.52. The van der Waals surface area contributed by atoms with E-state index in [-0.39, 0.29) is 30.2 Å². The van der Waals surface area contributed by atoms with Crippen molar-refractivity contribution in [3.8, 4) is 0 Å². The van der Waals surface area contributed by atoms with Crippen molar-refractivity contribution in [1.82, 2.24) is 10.2 Å². The van der Waals surface area contributed by atoms with Crippen molar-refractivity contribution in [3.63, 3.8) is 0 Å². The van der Waals surface area contributed by atoms with Gasteiger partial charge >= 0.3 is 0 Å². The monoisotopic (exact) mass is 357 g/mol. The summed E-state index contributed by atoms with van der Waals surface area (Å²) in [5.74, 6) is -0.407. The molecule has 0 aromatic heterocycles. The molecule has 3 atom stereocenters. The molecule has 1 aromatic rings. The largest absolute Gasteiger partial charge is 0.380 e. The Hall–Kier alpha value is -2.25. The van der Waals surface area contributed by atoms with Crippen LogP contribution in [0.4, 0.5) is 0 Å². The minimum Gasteiger partial charge on any atom is -0.380 e. The molecular weight excluding hydrogens is 334 g/mol. The molecule has 0 aliphatic carbocycles. The number of nitrogens with zero attached hydrogens (tertiary/aromatic N) is 1. The Kier molecular flexibility index (Phi) is 4.50. The number of amides is 3. The smallest absolute Gasteiger partial charge is 0.255 e. The average molecular weight is 357 g/mol. The van der Waals surface area contributed by atoms with E-state index >= 15 is 0 Å². The summed E-state index contributed by atoms with van der Waals surface area (Å²) in [5, 5.41) is 2.33. The minimum absolute atomic E-state index is 0.0404. The standard InChI is InChI=1S/C19H23N3O4/c20-15-10-26-6-5-12(15)7-11-1-2-14-13(8-11)9-22(19(14)25)16-3-4-17(23)21-18(16)24/h1-2,8,12,15-16H,3-7,9-10,20H2,(H,21,23,24)/t12-,15+,16?/m1/s1. The van der Waals surface area contributed by atoms with Crippen LogP contribution >= 0.6 is 0 Å². The van der Waals surface area contributed by atoms with Gasteiger partial charge in [-0.05, 0) is 42.4 Å². The SMILES string of the molecule is N[C@H]1COCC[C@@H]1Cc1ccc2c(c1)CN(C1CCC(=O)NC1=O)C2=O. The Morgan fingerprint density at radius 2 is 2.08 bits per heavy atom. The molecule has 26 heavy (non-hydrogen) atoms. The van der Waals surface area contributed by atoms with E-state index < -0.39 is 6.04 Å². The average Bonchev–Trinajstić information content (AvgIpc) is 2.93. The topological polar surface area (TPSA) is 102 Å². The first-order valence-corrected chi connectivity index (χ1v) is 9.12. The van der Waals surface area contributed by atoms with E-state index in [1.54, 1.807) is 4.90 Å². The second-order valence-electron chi connectivity index (χ2n) is 7.38. The van der Waals surface area contributed by atoms with Crippen LogP contribution in [0.25, 0.3) is 0 Å². The van der Waals surface area contributed by atoms with Gasteiger partial charge in [-0.15, -0.1) is 0 Å². The number of carbonyl (C=O) groups excluding carboxylic acids is 3. The molecule has 138 valence electrons. The maximum Gasteiger partial charge on any atom is 0.255 e. The van der Waals surface area contributed by atoms with Crippen molar-refractivity contribution in [3.05, 3.63) is 34.9 Å². The van der Waals surface area contributed by atoms with Crippen LogP contribution in [0.5, 0.6) is 0 Å². The van der Waals surface area contributed by atoms with Crippen LogP contribution in [-0.4, -0.2) is 47.9 Å². The first-order valence-electron chi connectivity index (χ1n) is 9.12. The van der Waals surface area contributed by atoms with Crippen molar-refractivity contribution in [2.24, 2.45) is 11.7 Å². The van der Waals surface area contributed by atoms with Gasteiger partial charge < -0.3 is 15.4 Å². The molecule has 0 saturated carbocycles. The van der Waals surface area contributed by atoms with Crippen LogP contribution < -0.4 is 11.1 Å². The fourth-order valence-corrected chi connectivity index (χ4v) is 4.12. The van der Waals surface area contributed by atoms with Gasteiger partial charge in [0, 0.05) is 31.2 Å². The summed E-state index contributed by atoms with van der Waals surface area (Å²) in [6.45, 7) is 1.75. The molecule has 3 aliphatic rings. The van der Waals surface area contributed by atoms with Crippen molar-refractivity contribution in [2.75, 3.05) is 13.2 Å². The summed E-state index contributed by atoms with van der Waals surface area (Å²) in [6.07, 6.45) is 2.46. The van der Waals surface area contributed by atoms with Crippen molar-refractivity contribution >= 4 is 17.7 Å². The second-order valence-corrected chi connectivity index (χ2v) is 7.38. The van der Waals surface area contributed by atoms with Crippen LogP contribution in [0.3, 0.4) is 0 Å². The quantitative estimate of drug-likeness (QED) is 0.760. The van der Waals surface area contributed by atoms with E-state index in [0.717, 1.165) is 30.6 Å². The van der Waals surface area contributed by atoms with E-state index in [9.17, 15) is 14.4 Å². The highest BCUT2D eigenvalue weighted by atomic mass is 16.5. The zero-order chi connectivity index (χ0) is 18.3. The van der Waals surface area contributed by atoms with Crippen LogP contribution in [0.2, 0.25) is 0 Å². The Morgan fingerprint density at radius 3 is 2.85 bits per heavy atom. The highest BCUT2D eigenvalue weighted by molar-refractivity contribution is 6.05. The molecule has 3 N–H and O–H groups in total. The van der Waals surface area contributed by atoms with Crippen molar-refractivity contribution < 1.29 is 19.1 Å². The van der Waals surface area contributed by atoms with Gasteiger partial charge in [0.05, 0.1) is 6.61 Å². The number of hydrogen-bond donors (Lipinski definition) is 2. The summed E-state index contributed by atoms with van der Waals surface area (Å²) in [4.78, 5) is 37.7. The molecule has 2 saturated heterocycles.